The van der Waals surface area contributed by atoms with Gasteiger partial charge in [-0.1, -0.05) is 0 Å². The smallest absolute Gasteiger partial charge is 0.317 e. The fourth-order valence-corrected chi connectivity index (χ4v) is 2.05. The molecule has 0 aromatic heterocycles. The molecule has 1 aliphatic heterocycles. The van der Waals surface area contributed by atoms with Gasteiger partial charge in [-0.2, -0.15) is 0 Å². The highest BCUT2D eigenvalue weighted by Gasteiger charge is 2.18. The van der Waals surface area contributed by atoms with Gasteiger partial charge in [0.2, 0.25) is 0 Å². The number of piperidine rings is 1. The molecule has 88 valence electrons. The molecule has 15 heavy (non-hydrogen) atoms. The molecule has 0 spiro atoms. The minimum Gasteiger partial charge on any atom is -0.480 e. The highest BCUT2D eigenvalue weighted by molar-refractivity contribution is 5.68. The van der Waals surface area contributed by atoms with Crippen LogP contribution in [0.15, 0.2) is 0 Å². The number of likely N-dealkylation sites (tertiary alicyclic amines) is 1. The topological polar surface area (TPSA) is 72.8 Å². The molecule has 0 aromatic carbocycles. The maximum Gasteiger partial charge on any atom is 0.317 e. The lowest BCUT2D eigenvalue weighted by Gasteiger charge is -2.32. The summed E-state index contributed by atoms with van der Waals surface area (Å²) in [5.41, 5.74) is 0. The molecule has 5 nitrogen and oxygen atoms in total. The third-order valence-electron chi connectivity index (χ3n) is 2.73. The first-order valence-corrected chi connectivity index (χ1v) is 5.48. The number of hydrogen-bond donors (Lipinski definition) is 3. The largest absolute Gasteiger partial charge is 0.480 e. The Kier molecular flexibility index (Phi) is 5.60. The first-order valence-electron chi connectivity index (χ1n) is 5.48. The minimum atomic E-state index is -0.807. The van der Waals surface area contributed by atoms with Gasteiger partial charge in [0, 0.05) is 13.1 Å². The molecule has 0 bridgehead atoms. The number of carbonyl (C=O) groups is 1. The van der Waals surface area contributed by atoms with Crippen LogP contribution < -0.4 is 5.32 Å². The Hall–Kier alpha value is -0.650. The Balaban J connectivity index is 2.15. The van der Waals surface area contributed by atoms with Crippen molar-refractivity contribution < 1.29 is 15.0 Å². The third kappa shape index (κ3) is 5.11. The van der Waals surface area contributed by atoms with Crippen LogP contribution in [0.1, 0.15) is 12.8 Å². The molecule has 1 aliphatic rings. The van der Waals surface area contributed by atoms with Crippen molar-refractivity contribution in [2.45, 2.75) is 12.8 Å². The van der Waals surface area contributed by atoms with Crippen molar-refractivity contribution >= 4 is 5.97 Å². The Morgan fingerprint density at radius 3 is 3.00 bits per heavy atom. The van der Waals surface area contributed by atoms with Gasteiger partial charge in [-0.05, 0) is 31.8 Å². The summed E-state index contributed by atoms with van der Waals surface area (Å²) in [6.07, 6.45) is 2.29. The molecule has 0 saturated carbocycles. The number of nitrogens with one attached hydrogen (secondary N) is 1. The second kappa shape index (κ2) is 6.76. The number of nitrogens with zero attached hydrogens (tertiary/aromatic N) is 1. The van der Waals surface area contributed by atoms with E-state index in [0.717, 1.165) is 39.0 Å². The van der Waals surface area contributed by atoms with Crippen molar-refractivity contribution in [3.8, 4) is 0 Å². The van der Waals surface area contributed by atoms with Crippen LogP contribution in [0.5, 0.6) is 0 Å². The van der Waals surface area contributed by atoms with Crippen molar-refractivity contribution in [1.82, 2.24) is 10.2 Å². The van der Waals surface area contributed by atoms with Gasteiger partial charge in [-0.3, -0.25) is 4.79 Å². The number of hydrogen-bond acceptors (Lipinski definition) is 4. The molecule has 0 aliphatic carbocycles. The van der Waals surface area contributed by atoms with E-state index in [0.29, 0.717) is 5.92 Å². The predicted molar refractivity (Wildman–Crippen MR) is 56.8 cm³/mol. The highest BCUT2D eigenvalue weighted by Crippen LogP contribution is 2.14. The van der Waals surface area contributed by atoms with Gasteiger partial charge in [0.15, 0.2) is 0 Å². The highest BCUT2D eigenvalue weighted by atomic mass is 16.4. The molecular weight excluding hydrogens is 196 g/mol. The van der Waals surface area contributed by atoms with E-state index in [4.69, 9.17) is 10.2 Å². The SMILES string of the molecule is O=C(O)CNCC1CCCN(CCO)C1. The average molecular weight is 216 g/mol. The van der Waals surface area contributed by atoms with Gasteiger partial charge in [-0.25, -0.2) is 0 Å². The van der Waals surface area contributed by atoms with Crippen molar-refractivity contribution in [2.75, 3.05) is 39.3 Å². The van der Waals surface area contributed by atoms with E-state index in [-0.39, 0.29) is 13.2 Å². The molecule has 1 rings (SSSR count). The zero-order chi connectivity index (χ0) is 11.1. The van der Waals surface area contributed by atoms with Crippen LogP contribution in [0.2, 0.25) is 0 Å². The number of aliphatic hydroxyl groups is 1. The van der Waals surface area contributed by atoms with Crippen LogP contribution in [-0.4, -0.2) is 60.4 Å². The lowest BCUT2D eigenvalue weighted by atomic mass is 9.98. The maximum atomic E-state index is 10.3. The van der Waals surface area contributed by atoms with Crippen molar-refractivity contribution in [1.29, 1.82) is 0 Å². The van der Waals surface area contributed by atoms with Crippen molar-refractivity contribution in [3.63, 3.8) is 0 Å². The normalized spacial score (nSPS) is 22.9. The standard InChI is InChI=1S/C10H20N2O3/c13-5-4-12-3-1-2-9(8-12)6-11-7-10(14)15/h9,11,13H,1-8H2,(H,14,15). The van der Waals surface area contributed by atoms with Gasteiger partial charge in [-0.15, -0.1) is 0 Å². The van der Waals surface area contributed by atoms with Crippen molar-refractivity contribution in [2.24, 2.45) is 5.92 Å². The van der Waals surface area contributed by atoms with E-state index in [9.17, 15) is 4.79 Å². The second-order valence-electron chi connectivity index (χ2n) is 4.06. The predicted octanol–water partition coefficient (Wildman–Crippen LogP) is -0.635. The van der Waals surface area contributed by atoms with Gasteiger partial charge in [0.1, 0.15) is 0 Å². The number of carboxylic acid groups (broad SMARTS) is 1. The molecule has 0 amide bonds. The zero-order valence-corrected chi connectivity index (χ0v) is 8.98. The van der Waals surface area contributed by atoms with Gasteiger partial charge >= 0.3 is 5.97 Å². The van der Waals surface area contributed by atoms with E-state index in [1.54, 1.807) is 0 Å². The van der Waals surface area contributed by atoms with E-state index < -0.39 is 5.97 Å². The summed E-state index contributed by atoms with van der Waals surface area (Å²) in [5.74, 6) is -0.289. The van der Waals surface area contributed by atoms with E-state index in [1.165, 1.54) is 0 Å². The second-order valence-corrected chi connectivity index (χ2v) is 4.06. The summed E-state index contributed by atoms with van der Waals surface area (Å²) >= 11 is 0. The number of β-amino-alcohol motifs (C(OH)–C–C–N with tert-alkyl or cyclic N) is 1. The minimum absolute atomic E-state index is 0.0382. The van der Waals surface area contributed by atoms with E-state index in [1.807, 2.05) is 0 Å². The molecule has 1 saturated heterocycles. The van der Waals surface area contributed by atoms with Crippen molar-refractivity contribution in [3.05, 3.63) is 0 Å². The molecule has 5 heteroatoms. The summed E-state index contributed by atoms with van der Waals surface area (Å²) in [6.45, 7) is 3.75. The fourth-order valence-electron chi connectivity index (χ4n) is 2.05. The fraction of sp³-hybridized carbons (Fsp3) is 0.900. The maximum absolute atomic E-state index is 10.3. The summed E-state index contributed by atoms with van der Waals surface area (Å²) < 4.78 is 0. The lowest BCUT2D eigenvalue weighted by Crippen LogP contribution is -2.41. The number of carboxylic acids is 1. The monoisotopic (exact) mass is 216 g/mol. The zero-order valence-electron chi connectivity index (χ0n) is 8.98. The summed E-state index contributed by atoms with van der Waals surface area (Å²) in [6, 6.07) is 0. The van der Waals surface area contributed by atoms with Gasteiger partial charge < -0.3 is 20.4 Å². The molecule has 1 heterocycles. The third-order valence-corrected chi connectivity index (χ3v) is 2.73. The van der Waals surface area contributed by atoms with Crippen LogP contribution >= 0.6 is 0 Å². The number of rotatable bonds is 6. The van der Waals surface area contributed by atoms with Crippen LogP contribution in [0.3, 0.4) is 0 Å². The van der Waals surface area contributed by atoms with Crippen LogP contribution in [0, 0.1) is 5.92 Å². The lowest BCUT2D eigenvalue weighted by molar-refractivity contribution is -0.136. The summed E-state index contributed by atoms with van der Waals surface area (Å²) in [7, 11) is 0. The van der Waals surface area contributed by atoms with E-state index >= 15 is 0 Å². The first-order chi connectivity index (χ1) is 7.22. The number of aliphatic carboxylic acids is 1. The summed E-state index contributed by atoms with van der Waals surface area (Å²) in [4.78, 5) is 12.5. The average Bonchev–Trinajstić information content (AvgIpc) is 2.18. The molecule has 0 aromatic rings. The Labute approximate surface area is 90.1 Å². The van der Waals surface area contributed by atoms with Crippen LogP contribution in [0.25, 0.3) is 0 Å². The molecular formula is C10H20N2O3. The Morgan fingerprint density at radius 2 is 2.33 bits per heavy atom. The summed E-state index contributed by atoms with van der Waals surface area (Å²) in [5, 5.41) is 20.2. The molecule has 1 atom stereocenters. The molecule has 1 unspecified atom stereocenters. The van der Waals surface area contributed by atoms with Gasteiger partial charge in [0.25, 0.3) is 0 Å². The Morgan fingerprint density at radius 1 is 1.53 bits per heavy atom. The quantitative estimate of drug-likeness (QED) is 0.551. The van der Waals surface area contributed by atoms with E-state index in [2.05, 4.69) is 10.2 Å². The van der Waals surface area contributed by atoms with Gasteiger partial charge in [0.05, 0.1) is 13.2 Å². The van der Waals surface area contributed by atoms with Crippen LogP contribution in [0.4, 0.5) is 0 Å². The van der Waals surface area contributed by atoms with Crippen LogP contribution in [-0.2, 0) is 4.79 Å². The number of aliphatic hydroxyl groups excluding tert-OH is 1. The molecule has 3 N–H and O–H groups in total. The Bertz CT molecular complexity index is 197. The molecule has 0 radical (unpaired) electrons. The first kappa shape index (κ1) is 12.4. The molecule has 1 fully saturated rings.